The number of carbonyl (C=O) groups is 4. The molecule has 0 aromatic heterocycles. The minimum atomic E-state index is -1.31. The fourth-order valence-electron chi connectivity index (χ4n) is 0.259. The van der Waals surface area contributed by atoms with E-state index in [0.717, 1.165) is 0 Å². The molecule has 0 radical (unpaired) electrons. The van der Waals surface area contributed by atoms with Crippen molar-refractivity contribution in [3.05, 3.63) is 0 Å². The first-order valence-corrected chi connectivity index (χ1v) is 3.13. The molecule has 0 amide bonds. The average Bonchev–Trinajstić information content (AvgIpc) is 1.79. The lowest BCUT2D eigenvalue weighted by Crippen LogP contribution is -2.03. The summed E-state index contributed by atoms with van der Waals surface area (Å²) in [4.78, 5) is 37.7. The lowest BCUT2D eigenvalue weighted by Gasteiger charge is -1.80. The smallest absolute Gasteiger partial charge is 0.314 e. The van der Waals surface area contributed by atoms with Gasteiger partial charge >= 0.3 is 23.9 Å². The van der Waals surface area contributed by atoms with Crippen LogP contribution >= 0.6 is 0 Å². The second-order valence-electron chi connectivity index (χ2n) is 1.93. The van der Waals surface area contributed by atoms with E-state index in [2.05, 4.69) is 0 Å². The summed E-state index contributed by atoms with van der Waals surface area (Å²) in [5.41, 5.74) is 0. The van der Waals surface area contributed by atoms with Crippen LogP contribution in [0.25, 0.3) is 0 Å². The molecule has 80 valence electrons. The minimum absolute atomic E-state index is 0.806. The van der Waals surface area contributed by atoms with Crippen LogP contribution in [0.4, 0.5) is 0 Å². The van der Waals surface area contributed by atoms with E-state index in [0.29, 0.717) is 0 Å². The third kappa shape index (κ3) is 22.5. The van der Waals surface area contributed by atoms with Crippen LogP contribution in [-0.2, 0) is 19.2 Å². The first-order valence-electron chi connectivity index (χ1n) is 3.13. The first-order chi connectivity index (χ1) is 6.25. The summed E-state index contributed by atoms with van der Waals surface area (Å²) in [5.74, 6) is -5.25. The van der Waals surface area contributed by atoms with E-state index in [4.69, 9.17) is 20.4 Å². The molecule has 0 rings (SSSR count). The number of carboxylic acids is 4. The van der Waals surface area contributed by atoms with Crippen LogP contribution in [-0.4, -0.2) is 44.3 Å². The van der Waals surface area contributed by atoms with Gasteiger partial charge in [0, 0.05) is 0 Å². The Labute approximate surface area is 77.4 Å². The molecule has 0 unspecified atom stereocenters. The molecule has 4 N–H and O–H groups in total. The third-order valence-corrected chi connectivity index (χ3v) is 0.605. The third-order valence-electron chi connectivity index (χ3n) is 0.605. The van der Waals surface area contributed by atoms with Gasteiger partial charge in [-0.05, 0) is 0 Å². The fraction of sp³-hybridized carbons (Fsp3) is 0.333. The van der Waals surface area contributed by atoms with Crippen molar-refractivity contribution < 1.29 is 39.6 Å². The zero-order valence-electron chi connectivity index (χ0n) is 6.84. The van der Waals surface area contributed by atoms with Gasteiger partial charge in [0.05, 0.1) is 0 Å². The Bertz CT molecular complexity index is 192. The zero-order chi connectivity index (χ0) is 11.7. The number of hydrogen-bond donors (Lipinski definition) is 4. The summed E-state index contributed by atoms with van der Waals surface area (Å²) < 4.78 is 0. The van der Waals surface area contributed by atoms with Gasteiger partial charge in [0.1, 0.15) is 12.8 Å². The Morgan fingerprint density at radius 2 is 0.714 bits per heavy atom. The summed E-state index contributed by atoms with van der Waals surface area (Å²) in [6.07, 6.45) is -1.61. The Hall–Kier alpha value is -2.12. The number of aliphatic carboxylic acids is 4. The lowest BCUT2D eigenvalue weighted by atomic mass is 10.5. The van der Waals surface area contributed by atoms with E-state index in [1.165, 1.54) is 0 Å². The van der Waals surface area contributed by atoms with Crippen LogP contribution in [0.15, 0.2) is 0 Å². The van der Waals surface area contributed by atoms with Crippen LogP contribution in [0.2, 0.25) is 0 Å². The van der Waals surface area contributed by atoms with Crippen LogP contribution < -0.4 is 0 Å². The molecule has 8 heteroatoms. The van der Waals surface area contributed by atoms with Crippen LogP contribution in [0.3, 0.4) is 0 Å². The Balaban J connectivity index is 0. The quantitative estimate of drug-likeness (QED) is 0.433. The second kappa shape index (κ2) is 7.53. The molecule has 0 aromatic carbocycles. The molecule has 0 atom stereocenters. The van der Waals surface area contributed by atoms with Gasteiger partial charge < -0.3 is 20.4 Å². The van der Waals surface area contributed by atoms with Gasteiger partial charge in [-0.15, -0.1) is 0 Å². The largest absolute Gasteiger partial charge is 0.481 e. The normalized spacial score (nSPS) is 8.00. The maximum atomic E-state index is 9.43. The van der Waals surface area contributed by atoms with Gasteiger partial charge in [0.25, 0.3) is 0 Å². The number of carboxylic acid groups (broad SMARTS) is 4. The van der Waals surface area contributed by atoms with Crippen molar-refractivity contribution >= 4 is 23.9 Å². The maximum absolute atomic E-state index is 9.43. The highest BCUT2D eigenvalue weighted by Crippen LogP contribution is 1.74. The van der Waals surface area contributed by atoms with E-state index in [1.807, 2.05) is 0 Å². The topological polar surface area (TPSA) is 149 Å². The van der Waals surface area contributed by atoms with Gasteiger partial charge in [-0.1, -0.05) is 0 Å². The van der Waals surface area contributed by atoms with Gasteiger partial charge in [-0.3, -0.25) is 19.2 Å². The molecule has 0 heterocycles. The molecule has 0 saturated heterocycles. The van der Waals surface area contributed by atoms with Crippen molar-refractivity contribution in [2.45, 2.75) is 12.8 Å². The van der Waals surface area contributed by atoms with E-state index >= 15 is 0 Å². The lowest BCUT2D eigenvalue weighted by molar-refractivity contribution is -0.149. The number of hydrogen-bond acceptors (Lipinski definition) is 4. The molecule has 8 nitrogen and oxygen atoms in total. The van der Waals surface area contributed by atoms with Gasteiger partial charge in [-0.2, -0.15) is 0 Å². The Morgan fingerprint density at radius 3 is 0.714 bits per heavy atom. The molecule has 0 aliphatic rings. The molecule has 0 aliphatic heterocycles. The van der Waals surface area contributed by atoms with E-state index in [1.54, 1.807) is 0 Å². The molecule has 0 fully saturated rings. The standard InChI is InChI=1S/2C3H4O4/c2*4-2(5)1-3(6)7/h2*1H2,(H,4,5)(H,6,7). The van der Waals surface area contributed by atoms with E-state index in [9.17, 15) is 19.2 Å². The minimum Gasteiger partial charge on any atom is -0.481 e. The molecular formula is C6H8O8. The van der Waals surface area contributed by atoms with Crippen molar-refractivity contribution in [1.29, 1.82) is 0 Å². The van der Waals surface area contributed by atoms with E-state index < -0.39 is 36.7 Å². The van der Waals surface area contributed by atoms with Crippen LogP contribution in [0.1, 0.15) is 12.8 Å². The van der Waals surface area contributed by atoms with E-state index in [-0.39, 0.29) is 0 Å². The predicted molar refractivity (Wildman–Crippen MR) is 39.8 cm³/mol. The van der Waals surface area contributed by atoms with Gasteiger partial charge in [0.2, 0.25) is 0 Å². The summed E-state index contributed by atoms with van der Waals surface area (Å²) in [6, 6.07) is 0. The number of rotatable bonds is 4. The predicted octanol–water partition coefficient (Wildman–Crippen LogP) is -0.909. The van der Waals surface area contributed by atoms with Crippen molar-refractivity contribution in [3.8, 4) is 0 Å². The molecule has 0 bridgehead atoms. The summed E-state index contributed by atoms with van der Waals surface area (Å²) in [5, 5.41) is 30.8. The molecule has 0 aliphatic carbocycles. The molecule has 0 spiro atoms. The highest BCUT2D eigenvalue weighted by molar-refractivity contribution is 5.89. The van der Waals surface area contributed by atoms with Crippen molar-refractivity contribution in [2.75, 3.05) is 0 Å². The molecule has 0 saturated carbocycles. The van der Waals surface area contributed by atoms with Gasteiger partial charge in [0.15, 0.2) is 0 Å². The SMILES string of the molecule is O=C(O)CC(=O)O.O=C(O)CC(=O)O. The first kappa shape index (κ1) is 14.4. The maximum Gasteiger partial charge on any atom is 0.314 e. The Kier molecular flexibility index (Phi) is 7.74. The fourth-order valence-corrected chi connectivity index (χ4v) is 0.259. The van der Waals surface area contributed by atoms with Crippen molar-refractivity contribution in [3.63, 3.8) is 0 Å². The summed E-state index contributed by atoms with van der Waals surface area (Å²) >= 11 is 0. The molecule has 14 heavy (non-hydrogen) atoms. The zero-order valence-corrected chi connectivity index (χ0v) is 6.84. The van der Waals surface area contributed by atoms with Crippen molar-refractivity contribution in [1.82, 2.24) is 0 Å². The highest BCUT2D eigenvalue weighted by Gasteiger charge is 2.02. The van der Waals surface area contributed by atoms with Crippen molar-refractivity contribution in [2.24, 2.45) is 0 Å². The highest BCUT2D eigenvalue weighted by atomic mass is 16.4. The van der Waals surface area contributed by atoms with Crippen LogP contribution in [0, 0.1) is 0 Å². The van der Waals surface area contributed by atoms with Gasteiger partial charge in [-0.25, -0.2) is 0 Å². The summed E-state index contributed by atoms with van der Waals surface area (Å²) in [7, 11) is 0. The summed E-state index contributed by atoms with van der Waals surface area (Å²) in [6.45, 7) is 0. The monoisotopic (exact) mass is 208 g/mol. The van der Waals surface area contributed by atoms with Crippen LogP contribution in [0.5, 0.6) is 0 Å². The molecular weight excluding hydrogens is 200 g/mol. The average molecular weight is 208 g/mol. The molecule has 0 aromatic rings. The Morgan fingerprint density at radius 1 is 0.571 bits per heavy atom. The second-order valence-corrected chi connectivity index (χ2v) is 1.93.